The summed E-state index contributed by atoms with van der Waals surface area (Å²) in [6, 6.07) is 0. The topological polar surface area (TPSA) is 159 Å². The third-order valence-corrected chi connectivity index (χ3v) is 2.06. The number of rotatable bonds is 3. The standard InChI is InChI=1S/C6HN3O8/c10-4-1(7(11)12)5-3(9(15)16)6(17-5)2(4)8(13)14/h10H. The predicted molar refractivity (Wildman–Crippen MR) is 48.1 cm³/mol. The molecule has 0 unspecified atom stereocenters. The number of phenols is 1. The molecule has 2 aliphatic rings. The Kier molecular flexibility index (Phi) is 1.86. The van der Waals surface area contributed by atoms with Crippen LogP contribution < -0.4 is 4.74 Å². The number of nitrogens with zero attached hydrogens (tertiary/aromatic N) is 3. The normalized spacial score (nSPS) is 11.3. The van der Waals surface area contributed by atoms with Crippen molar-refractivity contribution in [1.29, 1.82) is 0 Å². The zero-order valence-corrected chi connectivity index (χ0v) is 7.65. The molecule has 1 aromatic carbocycles. The van der Waals surface area contributed by atoms with Gasteiger partial charge in [-0.1, -0.05) is 0 Å². The molecular weight excluding hydrogens is 242 g/mol. The van der Waals surface area contributed by atoms with Crippen molar-refractivity contribution in [2.75, 3.05) is 0 Å². The minimum atomic E-state index is -1.25. The second-order valence-corrected chi connectivity index (χ2v) is 2.93. The monoisotopic (exact) mass is 243 g/mol. The third kappa shape index (κ3) is 1.15. The second kappa shape index (κ2) is 3.01. The van der Waals surface area contributed by atoms with E-state index in [1.165, 1.54) is 0 Å². The molecule has 11 heteroatoms. The number of hydrogen-bond acceptors (Lipinski definition) is 8. The lowest BCUT2D eigenvalue weighted by atomic mass is 10.1. The van der Waals surface area contributed by atoms with Crippen LogP contribution in [0.5, 0.6) is 17.2 Å². The molecule has 17 heavy (non-hydrogen) atoms. The smallest absolute Gasteiger partial charge is 0.368 e. The molecule has 0 aliphatic carbocycles. The maximum Gasteiger partial charge on any atom is 0.368 e. The number of hydrogen-bond donors (Lipinski definition) is 1. The molecular formula is C6HN3O8. The number of benzene rings is 1. The van der Waals surface area contributed by atoms with E-state index in [-0.39, 0.29) is 0 Å². The van der Waals surface area contributed by atoms with Crippen molar-refractivity contribution in [3.63, 3.8) is 0 Å². The highest BCUT2D eigenvalue weighted by atomic mass is 16.7. The summed E-state index contributed by atoms with van der Waals surface area (Å²) in [5, 5.41) is 40.9. The van der Waals surface area contributed by atoms with Crippen molar-refractivity contribution in [3.05, 3.63) is 30.3 Å². The van der Waals surface area contributed by atoms with E-state index >= 15 is 0 Å². The molecule has 0 amide bonds. The van der Waals surface area contributed by atoms with E-state index in [0.29, 0.717) is 0 Å². The van der Waals surface area contributed by atoms with E-state index in [4.69, 9.17) is 0 Å². The molecule has 0 saturated carbocycles. The highest BCUT2D eigenvalue weighted by Crippen LogP contribution is 2.64. The Bertz CT molecular complexity index is 545. The van der Waals surface area contributed by atoms with Crippen molar-refractivity contribution in [3.8, 4) is 17.2 Å². The van der Waals surface area contributed by atoms with Crippen LogP contribution in [0.3, 0.4) is 0 Å². The van der Waals surface area contributed by atoms with Crippen LogP contribution in [-0.2, 0) is 0 Å². The van der Waals surface area contributed by atoms with Gasteiger partial charge in [0.1, 0.15) is 0 Å². The van der Waals surface area contributed by atoms with E-state index in [9.17, 15) is 35.4 Å². The number of nitro groups is 3. The lowest BCUT2D eigenvalue weighted by molar-refractivity contribution is -0.411. The van der Waals surface area contributed by atoms with Crippen molar-refractivity contribution in [2.45, 2.75) is 0 Å². The van der Waals surface area contributed by atoms with Gasteiger partial charge in [-0.15, -0.1) is 0 Å². The van der Waals surface area contributed by atoms with Crippen molar-refractivity contribution in [2.24, 2.45) is 0 Å². The molecule has 0 saturated heterocycles. The Balaban J connectivity index is 2.85. The molecule has 1 N–H and O–H groups in total. The Labute approximate surface area is 90.3 Å². The van der Waals surface area contributed by atoms with E-state index in [2.05, 4.69) is 4.74 Å². The molecule has 0 radical (unpaired) electrons. The molecule has 2 aliphatic heterocycles. The van der Waals surface area contributed by atoms with Crippen LogP contribution in [0.25, 0.3) is 0 Å². The van der Waals surface area contributed by atoms with Gasteiger partial charge in [0.2, 0.25) is 0 Å². The second-order valence-electron chi connectivity index (χ2n) is 2.93. The van der Waals surface area contributed by atoms with Crippen LogP contribution >= 0.6 is 0 Å². The first-order valence-electron chi connectivity index (χ1n) is 3.90. The molecule has 0 aromatic heterocycles. The molecule has 3 rings (SSSR count). The van der Waals surface area contributed by atoms with Crippen molar-refractivity contribution in [1.82, 2.24) is 0 Å². The summed E-state index contributed by atoms with van der Waals surface area (Å²) < 4.78 is 4.48. The molecule has 0 spiro atoms. The summed E-state index contributed by atoms with van der Waals surface area (Å²) in [6.45, 7) is 0. The molecule has 0 fully saturated rings. The number of phenolic OH excluding ortho intramolecular Hbond substituents is 1. The lowest BCUT2D eigenvalue weighted by Gasteiger charge is -2.17. The first kappa shape index (κ1) is 10.5. The largest absolute Gasteiger partial charge is 0.497 e. The fourth-order valence-electron chi connectivity index (χ4n) is 1.41. The highest BCUT2D eigenvalue weighted by molar-refractivity contribution is 5.88. The lowest BCUT2D eigenvalue weighted by Crippen LogP contribution is -2.11. The Morgan fingerprint density at radius 3 is 1.47 bits per heavy atom. The third-order valence-electron chi connectivity index (χ3n) is 2.06. The van der Waals surface area contributed by atoms with Gasteiger partial charge in [0.25, 0.3) is 17.2 Å². The first-order valence-corrected chi connectivity index (χ1v) is 3.90. The summed E-state index contributed by atoms with van der Waals surface area (Å²) in [5.74, 6) is -2.81. The van der Waals surface area contributed by atoms with Gasteiger partial charge in [0.05, 0.1) is 14.8 Å². The van der Waals surface area contributed by atoms with Crippen LogP contribution in [0.15, 0.2) is 0 Å². The van der Waals surface area contributed by atoms with Gasteiger partial charge in [-0.25, -0.2) is 0 Å². The quantitative estimate of drug-likeness (QED) is 0.621. The van der Waals surface area contributed by atoms with Crippen LogP contribution in [0, 0.1) is 30.3 Å². The Morgan fingerprint density at radius 1 is 0.824 bits per heavy atom. The Morgan fingerprint density at radius 2 is 1.18 bits per heavy atom. The SMILES string of the molecule is O=[N+]([O-])c1c(O)c([N+](=O)[O-])c2c([N+](=O)[O-])c1O2. The fraction of sp³-hybridized carbons (Fsp3) is 0. The summed E-state index contributed by atoms with van der Waals surface area (Å²) in [7, 11) is 0. The number of fused-ring (bicyclic) bond motifs is 2. The van der Waals surface area contributed by atoms with Gasteiger partial charge in [-0.2, -0.15) is 0 Å². The summed E-state index contributed by atoms with van der Waals surface area (Å²) in [6.07, 6.45) is 0. The van der Waals surface area contributed by atoms with E-state index in [1.54, 1.807) is 0 Å². The van der Waals surface area contributed by atoms with Gasteiger partial charge in [0, 0.05) is 0 Å². The zero-order valence-electron chi connectivity index (χ0n) is 7.65. The van der Waals surface area contributed by atoms with E-state index in [0.717, 1.165) is 0 Å². The first-order chi connectivity index (χ1) is 7.86. The average Bonchev–Trinajstić information content (AvgIpc) is 2.13. The molecule has 11 nitrogen and oxygen atoms in total. The fourth-order valence-corrected chi connectivity index (χ4v) is 1.41. The highest BCUT2D eigenvalue weighted by Gasteiger charge is 2.52. The number of ether oxygens (including phenoxy) is 1. The van der Waals surface area contributed by atoms with Gasteiger partial charge in [0.15, 0.2) is 0 Å². The van der Waals surface area contributed by atoms with Crippen LogP contribution in [-0.4, -0.2) is 19.9 Å². The Hall–Kier alpha value is -2.98. The molecule has 88 valence electrons. The number of aromatic hydroxyl groups is 1. The molecule has 2 heterocycles. The average molecular weight is 243 g/mol. The minimum absolute atomic E-state index is 0.780. The summed E-state index contributed by atoms with van der Waals surface area (Å²) in [5.41, 5.74) is -3.24. The molecule has 0 atom stereocenters. The number of nitro benzene ring substituents is 3. The van der Waals surface area contributed by atoms with Crippen LogP contribution in [0.4, 0.5) is 17.1 Å². The van der Waals surface area contributed by atoms with E-state index in [1.807, 2.05) is 0 Å². The van der Waals surface area contributed by atoms with Crippen LogP contribution in [0.2, 0.25) is 0 Å². The van der Waals surface area contributed by atoms with Gasteiger partial charge in [-0.05, 0) is 0 Å². The predicted octanol–water partition coefficient (Wildman–Crippen LogP) is 1.22. The summed E-state index contributed by atoms with van der Waals surface area (Å²) >= 11 is 0. The van der Waals surface area contributed by atoms with Gasteiger partial charge in [-0.3, -0.25) is 30.3 Å². The summed E-state index contributed by atoms with van der Waals surface area (Å²) in [4.78, 5) is 28.2. The van der Waals surface area contributed by atoms with Crippen LogP contribution in [0.1, 0.15) is 0 Å². The maximum atomic E-state index is 10.5. The maximum absolute atomic E-state index is 10.5. The molecule has 2 bridgehead atoms. The zero-order chi connectivity index (χ0) is 12.9. The van der Waals surface area contributed by atoms with E-state index < -0.39 is 49.1 Å². The van der Waals surface area contributed by atoms with Crippen molar-refractivity contribution >= 4 is 17.1 Å². The van der Waals surface area contributed by atoms with Gasteiger partial charge < -0.3 is 9.84 Å². The minimum Gasteiger partial charge on any atom is -0.497 e. The van der Waals surface area contributed by atoms with Gasteiger partial charge >= 0.3 is 17.1 Å². The van der Waals surface area contributed by atoms with Crippen molar-refractivity contribution < 1.29 is 24.6 Å². The molecule has 1 aromatic rings.